The second-order valence-electron chi connectivity index (χ2n) is 3.42. The van der Waals surface area contributed by atoms with Gasteiger partial charge in [-0.2, -0.15) is 0 Å². The number of carbonyl (C=O) groups is 1. The maximum absolute atomic E-state index is 11.2. The fourth-order valence-electron chi connectivity index (χ4n) is 1.69. The molecule has 0 spiro atoms. The van der Waals surface area contributed by atoms with Crippen LogP contribution < -0.4 is 10.5 Å². The van der Waals surface area contributed by atoms with Crippen molar-refractivity contribution in [2.75, 3.05) is 7.11 Å². The molecule has 2 rings (SSSR count). The smallest absolute Gasteiger partial charge is 0.269 e. The first-order chi connectivity index (χ1) is 7.67. The van der Waals surface area contributed by atoms with E-state index in [1.165, 1.54) is 0 Å². The van der Waals surface area contributed by atoms with Crippen molar-refractivity contribution >= 4 is 11.4 Å². The summed E-state index contributed by atoms with van der Waals surface area (Å²) in [6, 6.07) is 3.57. The summed E-state index contributed by atoms with van der Waals surface area (Å²) < 4.78 is 6.96. The number of fused-ring (bicyclic) bond motifs is 1. The van der Waals surface area contributed by atoms with Crippen LogP contribution >= 0.6 is 0 Å². The van der Waals surface area contributed by atoms with Crippen molar-refractivity contribution < 1.29 is 9.53 Å². The van der Waals surface area contributed by atoms with E-state index in [2.05, 4.69) is 4.98 Å². The Hall–Kier alpha value is -2.04. The molecule has 2 aromatic rings. The standard InChI is InChI=1S/C11H13N3O2/c1-3-9-13-10(11(12)15)8-6-7(16-2)4-5-14(8)9/h4-6H,3H2,1-2H3,(H2,12,15). The van der Waals surface area contributed by atoms with Gasteiger partial charge < -0.3 is 14.9 Å². The number of aromatic nitrogens is 2. The molecular weight excluding hydrogens is 206 g/mol. The maximum atomic E-state index is 11.2. The van der Waals surface area contributed by atoms with Crippen LogP contribution in [-0.4, -0.2) is 22.4 Å². The van der Waals surface area contributed by atoms with Crippen LogP contribution in [0.3, 0.4) is 0 Å². The van der Waals surface area contributed by atoms with Crippen LogP contribution in [-0.2, 0) is 6.42 Å². The maximum Gasteiger partial charge on any atom is 0.269 e. The minimum atomic E-state index is -0.523. The van der Waals surface area contributed by atoms with E-state index in [-0.39, 0.29) is 5.69 Å². The third-order valence-corrected chi connectivity index (χ3v) is 2.47. The summed E-state index contributed by atoms with van der Waals surface area (Å²) in [6.07, 6.45) is 2.56. The van der Waals surface area contributed by atoms with E-state index >= 15 is 0 Å². The Balaban J connectivity index is 2.75. The van der Waals surface area contributed by atoms with Gasteiger partial charge in [-0.15, -0.1) is 0 Å². The number of hydrogen-bond acceptors (Lipinski definition) is 3. The molecule has 0 saturated carbocycles. The highest BCUT2D eigenvalue weighted by atomic mass is 16.5. The number of aryl methyl sites for hydroxylation is 1. The first-order valence-electron chi connectivity index (χ1n) is 5.02. The number of methoxy groups -OCH3 is 1. The fraction of sp³-hybridized carbons (Fsp3) is 0.273. The number of primary amides is 1. The number of nitrogens with two attached hydrogens (primary N) is 1. The van der Waals surface area contributed by atoms with Crippen LogP contribution in [0.4, 0.5) is 0 Å². The average molecular weight is 219 g/mol. The average Bonchev–Trinajstić information content (AvgIpc) is 2.66. The van der Waals surface area contributed by atoms with Gasteiger partial charge in [-0.05, 0) is 6.07 Å². The summed E-state index contributed by atoms with van der Waals surface area (Å²) in [5, 5.41) is 0. The summed E-state index contributed by atoms with van der Waals surface area (Å²) in [5.41, 5.74) is 6.26. The minimum Gasteiger partial charge on any atom is -0.497 e. The molecule has 0 aliphatic rings. The Morgan fingerprint density at radius 3 is 2.94 bits per heavy atom. The van der Waals surface area contributed by atoms with Crippen molar-refractivity contribution in [3.63, 3.8) is 0 Å². The molecule has 0 bridgehead atoms. The van der Waals surface area contributed by atoms with E-state index in [9.17, 15) is 4.79 Å². The van der Waals surface area contributed by atoms with Gasteiger partial charge in [0.15, 0.2) is 5.69 Å². The Kier molecular flexibility index (Phi) is 2.52. The van der Waals surface area contributed by atoms with Gasteiger partial charge in [0.2, 0.25) is 0 Å². The van der Waals surface area contributed by atoms with E-state index in [1.54, 1.807) is 13.2 Å². The monoisotopic (exact) mass is 219 g/mol. The Morgan fingerprint density at radius 1 is 1.62 bits per heavy atom. The Morgan fingerprint density at radius 2 is 2.38 bits per heavy atom. The second kappa shape index (κ2) is 3.84. The number of rotatable bonds is 3. The molecule has 0 unspecified atom stereocenters. The molecule has 0 saturated heterocycles. The number of hydrogen-bond donors (Lipinski definition) is 1. The number of imidazole rings is 1. The van der Waals surface area contributed by atoms with Crippen molar-refractivity contribution in [1.82, 2.24) is 9.38 Å². The first-order valence-corrected chi connectivity index (χ1v) is 5.02. The highest BCUT2D eigenvalue weighted by Gasteiger charge is 2.14. The third kappa shape index (κ3) is 1.50. The zero-order chi connectivity index (χ0) is 11.7. The van der Waals surface area contributed by atoms with Gasteiger partial charge in [0.1, 0.15) is 11.6 Å². The van der Waals surface area contributed by atoms with Crippen molar-refractivity contribution in [2.45, 2.75) is 13.3 Å². The quantitative estimate of drug-likeness (QED) is 0.837. The Labute approximate surface area is 92.8 Å². The molecule has 84 valence electrons. The zero-order valence-corrected chi connectivity index (χ0v) is 9.23. The molecule has 0 aliphatic heterocycles. The lowest BCUT2D eigenvalue weighted by molar-refractivity contribution is 0.0997. The topological polar surface area (TPSA) is 69.6 Å². The molecule has 16 heavy (non-hydrogen) atoms. The van der Waals surface area contributed by atoms with E-state index in [0.29, 0.717) is 11.3 Å². The van der Waals surface area contributed by atoms with Gasteiger partial charge in [-0.3, -0.25) is 4.79 Å². The zero-order valence-electron chi connectivity index (χ0n) is 9.23. The van der Waals surface area contributed by atoms with Crippen LogP contribution in [0.2, 0.25) is 0 Å². The number of nitrogens with zero attached hydrogens (tertiary/aromatic N) is 2. The van der Waals surface area contributed by atoms with Crippen LogP contribution in [0.15, 0.2) is 18.3 Å². The third-order valence-electron chi connectivity index (χ3n) is 2.47. The fourth-order valence-corrected chi connectivity index (χ4v) is 1.69. The van der Waals surface area contributed by atoms with Gasteiger partial charge in [-0.1, -0.05) is 6.92 Å². The van der Waals surface area contributed by atoms with Gasteiger partial charge in [0, 0.05) is 18.7 Å². The van der Waals surface area contributed by atoms with Crippen LogP contribution in [0.1, 0.15) is 23.2 Å². The van der Waals surface area contributed by atoms with Crippen LogP contribution in [0.25, 0.3) is 5.52 Å². The number of ether oxygens (including phenoxy) is 1. The molecule has 5 heteroatoms. The molecule has 2 N–H and O–H groups in total. The van der Waals surface area contributed by atoms with E-state index in [4.69, 9.17) is 10.5 Å². The van der Waals surface area contributed by atoms with Crippen LogP contribution in [0.5, 0.6) is 5.75 Å². The molecule has 0 aliphatic carbocycles. The van der Waals surface area contributed by atoms with Crippen LogP contribution in [0, 0.1) is 0 Å². The van der Waals surface area contributed by atoms with Crippen molar-refractivity contribution in [3.05, 3.63) is 29.8 Å². The summed E-state index contributed by atoms with van der Waals surface area (Å²) in [6.45, 7) is 1.98. The van der Waals surface area contributed by atoms with E-state index < -0.39 is 5.91 Å². The van der Waals surface area contributed by atoms with Crippen molar-refractivity contribution in [2.24, 2.45) is 5.73 Å². The predicted octanol–water partition coefficient (Wildman–Crippen LogP) is 1.00. The van der Waals surface area contributed by atoms with Gasteiger partial charge in [-0.25, -0.2) is 4.98 Å². The minimum absolute atomic E-state index is 0.288. The first kappa shape index (κ1) is 10.5. The molecule has 1 amide bonds. The largest absolute Gasteiger partial charge is 0.497 e. The number of carbonyl (C=O) groups excluding carboxylic acids is 1. The highest BCUT2D eigenvalue weighted by molar-refractivity contribution is 5.98. The van der Waals surface area contributed by atoms with E-state index in [1.807, 2.05) is 23.6 Å². The predicted molar refractivity (Wildman–Crippen MR) is 59.6 cm³/mol. The summed E-state index contributed by atoms with van der Waals surface area (Å²) >= 11 is 0. The molecular formula is C11H13N3O2. The molecule has 0 atom stereocenters. The lowest BCUT2D eigenvalue weighted by Crippen LogP contribution is -2.11. The SMILES string of the molecule is CCc1nc(C(N)=O)c2cc(OC)ccn12. The molecule has 0 aromatic carbocycles. The Bertz CT molecular complexity index is 545. The lowest BCUT2D eigenvalue weighted by atomic mass is 10.3. The second-order valence-corrected chi connectivity index (χ2v) is 3.42. The summed E-state index contributed by atoms with van der Waals surface area (Å²) in [7, 11) is 1.58. The molecule has 2 heterocycles. The van der Waals surface area contributed by atoms with Gasteiger partial charge >= 0.3 is 0 Å². The van der Waals surface area contributed by atoms with Gasteiger partial charge in [0.25, 0.3) is 5.91 Å². The lowest BCUT2D eigenvalue weighted by Gasteiger charge is -2.02. The number of amides is 1. The van der Waals surface area contributed by atoms with Crippen molar-refractivity contribution in [3.8, 4) is 5.75 Å². The van der Waals surface area contributed by atoms with Crippen molar-refractivity contribution in [1.29, 1.82) is 0 Å². The molecule has 0 fully saturated rings. The normalized spacial score (nSPS) is 10.6. The van der Waals surface area contributed by atoms with E-state index in [0.717, 1.165) is 12.2 Å². The number of pyridine rings is 1. The molecule has 5 nitrogen and oxygen atoms in total. The molecule has 0 radical (unpaired) electrons. The van der Waals surface area contributed by atoms with Gasteiger partial charge in [0.05, 0.1) is 12.6 Å². The highest BCUT2D eigenvalue weighted by Crippen LogP contribution is 2.19. The summed E-state index contributed by atoms with van der Waals surface area (Å²) in [4.78, 5) is 15.5. The summed E-state index contributed by atoms with van der Waals surface area (Å²) in [5.74, 6) is 0.967. The molecule has 2 aromatic heterocycles.